The molecule has 5 rings (SSSR count). The van der Waals surface area contributed by atoms with Crippen LogP contribution in [0.25, 0.3) is 0 Å². The molecule has 0 spiro atoms. The molecule has 0 fully saturated rings. The first-order valence-corrected chi connectivity index (χ1v) is 7.37. The minimum absolute atomic E-state index is 0.110. The van der Waals surface area contributed by atoms with E-state index in [4.69, 9.17) is 23.7 Å². The Bertz CT molecular complexity index is 802. The summed E-state index contributed by atoms with van der Waals surface area (Å²) in [7, 11) is 1.60. The van der Waals surface area contributed by atoms with Gasteiger partial charge in [0.05, 0.1) is 5.92 Å². The van der Waals surface area contributed by atoms with Gasteiger partial charge in [-0.25, -0.2) is 0 Å². The summed E-state index contributed by atoms with van der Waals surface area (Å²) in [5, 5.41) is 9.68. The lowest BCUT2D eigenvalue weighted by Crippen LogP contribution is -2.34. The summed E-state index contributed by atoms with van der Waals surface area (Å²) in [6.45, 7) is 0.221. The molecule has 6 heteroatoms. The van der Waals surface area contributed by atoms with Crippen molar-refractivity contribution in [3.63, 3.8) is 0 Å². The first kappa shape index (κ1) is 12.9. The molecule has 23 heavy (non-hydrogen) atoms. The second-order valence-electron chi connectivity index (χ2n) is 5.75. The van der Waals surface area contributed by atoms with Gasteiger partial charge in [-0.05, 0) is 18.2 Å². The van der Waals surface area contributed by atoms with E-state index in [0.717, 1.165) is 16.9 Å². The number of hydrogen-bond acceptors (Lipinski definition) is 6. The zero-order chi connectivity index (χ0) is 15.6. The molecule has 3 aliphatic heterocycles. The molecular formula is C17H14O6. The molecule has 0 radical (unpaired) electrons. The molecule has 0 saturated heterocycles. The fourth-order valence-corrected chi connectivity index (χ4v) is 3.47. The maximum atomic E-state index is 9.68. The van der Waals surface area contributed by atoms with Crippen LogP contribution in [-0.4, -0.2) is 25.3 Å². The Hall–Kier alpha value is -2.60. The molecule has 1 N–H and O–H groups in total. The van der Waals surface area contributed by atoms with E-state index in [2.05, 4.69) is 0 Å². The first-order chi connectivity index (χ1) is 11.2. The molecule has 0 saturated carbocycles. The minimum Gasteiger partial charge on any atom is -0.508 e. The average molecular weight is 314 g/mol. The Labute approximate surface area is 132 Å². The molecule has 2 aromatic rings. The third kappa shape index (κ3) is 1.72. The fourth-order valence-electron chi connectivity index (χ4n) is 3.47. The van der Waals surface area contributed by atoms with Crippen molar-refractivity contribution in [3.05, 3.63) is 41.5 Å². The van der Waals surface area contributed by atoms with Crippen molar-refractivity contribution in [2.45, 2.75) is 18.3 Å². The smallest absolute Gasteiger partial charge is 0.231 e. The molecule has 0 amide bonds. The quantitative estimate of drug-likeness (QED) is 0.873. The SMILES string of the molecule is CO[C@H]1Oc2cc(O)ccc2[C@H]2Oc3cc4c(cc3[C@H]12)OCO4. The number of ether oxygens (including phenoxy) is 5. The van der Waals surface area contributed by atoms with E-state index in [-0.39, 0.29) is 24.6 Å². The van der Waals surface area contributed by atoms with Crippen LogP contribution < -0.4 is 18.9 Å². The molecular weight excluding hydrogens is 300 g/mol. The topological polar surface area (TPSA) is 66.4 Å². The van der Waals surface area contributed by atoms with Crippen molar-refractivity contribution in [3.8, 4) is 28.7 Å². The summed E-state index contributed by atoms with van der Waals surface area (Å²) >= 11 is 0. The summed E-state index contributed by atoms with van der Waals surface area (Å²) < 4.78 is 28.5. The predicted octanol–water partition coefficient (Wildman–Crippen LogP) is 2.70. The lowest BCUT2D eigenvalue weighted by molar-refractivity contribution is -0.0994. The lowest BCUT2D eigenvalue weighted by Gasteiger charge is -2.33. The average Bonchev–Trinajstić information content (AvgIpc) is 3.14. The van der Waals surface area contributed by atoms with Crippen LogP contribution in [0, 0.1) is 0 Å². The van der Waals surface area contributed by atoms with Gasteiger partial charge in [0, 0.05) is 30.4 Å². The molecule has 3 heterocycles. The third-order valence-electron chi connectivity index (χ3n) is 4.52. The van der Waals surface area contributed by atoms with Crippen LogP contribution in [0.5, 0.6) is 28.7 Å². The van der Waals surface area contributed by atoms with E-state index in [1.807, 2.05) is 18.2 Å². The van der Waals surface area contributed by atoms with Gasteiger partial charge in [0.1, 0.15) is 23.4 Å². The van der Waals surface area contributed by atoms with Crippen molar-refractivity contribution in [2.24, 2.45) is 0 Å². The highest BCUT2D eigenvalue weighted by atomic mass is 16.7. The molecule has 0 unspecified atom stereocenters. The van der Waals surface area contributed by atoms with Crippen molar-refractivity contribution in [2.75, 3.05) is 13.9 Å². The van der Waals surface area contributed by atoms with Gasteiger partial charge in [-0.15, -0.1) is 0 Å². The number of rotatable bonds is 1. The number of hydrogen-bond donors (Lipinski definition) is 1. The number of aromatic hydroxyl groups is 1. The highest BCUT2D eigenvalue weighted by Gasteiger charge is 2.47. The number of phenolic OH excluding ortho intramolecular Hbond substituents is 1. The van der Waals surface area contributed by atoms with Crippen LogP contribution in [0.4, 0.5) is 0 Å². The zero-order valence-corrected chi connectivity index (χ0v) is 12.3. The number of benzene rings is 2. The van der Waals surface area contributed by atoms with Crippen LogP contribution in [-0.2, 0) is 4.74 Å². The van der Waals surface area contributed by atoms with Crippen molar-refractivity contribution in [1.82, 2.24) is 0 Å². The van der Waals surface area contributed by atoms with E-state index in [1.165, 1.54) is 0 Å². The van der Waals surface area contributed by atoms with Gasteiger partial charge in [0.25, 0.3) is 0 Å². The molecule has 0 aromatic heterocycles. The zero-order valence-electron chi connectivity index (χ0n) is 12.3. The molecule has 118 valence electrons. The van der Waals surface area contributed by atoms with Gasteiger partial charge in [0.15, 0.2) is 11.5 Å². The van der Waals surface area contributed by atoms with Crippen LogP contribution in [0.2, 0.25) is 0 Å². The Balaban J connectivity index is 1.65. The second-order valence-corrected chi connectivity index (χ2v) is 5.75. The Morgan fingerprint density at radius 2 is 1.74 bits per heavy atom. The maximum Gasteiger partial charge on any atom is 0.231 e. The van der Waals surface area contributed by atoms with Gasteiger partial charge < -0.3 is 28.8 Å². The Morgan fingerprint density at radius 3 is 2.57 bits per heavy atom. The fraction of sp³-hybridized carbons (Fsp3) is 0.294. The summed E-state index contributed by atoms with van der Waals surface area (Å²) in [6.07, 6.45) is -0.738. The number of fused-ring (bicyclic) bond motifs is 6. The first-order valence-electron chi connectivity index (χ1n) is 7.37. The highest BCUT2D eigenvalue weighted by Crippen LogP contribution is 2.56. The van der Waals surface area contributed by atoms with Crippen molar-refractivity contribution >= 4 is 0 Å². The molecule has 3 atom stereocenters. The molecule has 0 aliphatic carbocycles. The summed E-state index contributed by atoms with van der Waals surface area (Å²) in [5.41, 5.74) is 1.86. The molecule has 2 aromatic carbocycles. The molecule has 0 bridgehead atoms. The normalized spacial score (nSPS) is 25.9. The monoisotopic (exact) mass is 314 g/mol. The standard InChI is InChI=1S/C17H14O6/c1-19-17-15-10-5-13-14(21-7-20-13)6-12(10)22-16(15)9-3-2-8(18)4-11(9)23-17/h2-6,15-18H,7H2,1H3/t15-,16+,17-/m0/s1. The minimum atomic E-state index is -0.504. The van der Waals surface area contributed by atoms with Crippen molar-refractivity contribution in [1.29, 1.82) is 0 Å². The molecule has 6 nitrogen and oxygen atoms in total. The van der Waals surface area contributed by atoms with Gasteiger partial charge in [-0.3, -0.25) is 0 Å². The third-order valence-corrected chi connectivity index (χ3v) is 4.52. The van der Waals surface area contributed by atoms with E-state index >= 15 is 0 Å². The number of phenols is 1. The van der Waals surface area contributed by atoms with Crippen molar-refractivity contribution < 1.29 is 28.8 Å². The number of methoxy groups -OCH3 is 1. The van der Waals surface area contributed by atoms with Gasteiger partial charge in [-0.1, -0.05) is 0 Å². The Kier molecular flexibility index (Phi) is 2.50. The summed E-state index contributed by atoms with van der Waals surface area (Å²) in [5.74, 6) is 2.75. The second kappa shape index (κ2) is 4.45. The van der Waals surface area contributed by atoms with Crippen LogP contribution in [0.3, 0.4) is 0 Å². The van der Waals surface area contributed by atoms with Gasteiger partial charge in [-0.2, -0.15) is 0 Å². The van der Waals surface area contributed by atoms with Gasteiger partial charge in [0.2, 0.25) is 13.1 Å². The van der Waals surface area contributed by atoms with Gasteiger partial charge >= 0.3 is 0 Å². The lowest BCUT2D eigenvalue weighted by atomic mass is 9.88. The van der Waals surface area contributed by atoms with Crippen LogP contribution in [0.15, 0.2) is 30.3 Å². The Morgan fingerprint density at radius 1 is 0.957 bits per heavy atom. The predicted molar refractivity (Wildman–Crippen MR) is 78.2 cm³/mol. The summed E-state index contributed by atoms with van der Waals surface area (Å²) in [4.78, 5) is 0. The van der Waals surface area contributed by atoms with Crippen LogP contribution >= 0.6 is 0 Å². The van der Waals surface area contributed by atoms with E-state index in [0.29, 0.717) is 17.2 Å². The molecule has 3 aliphatic rings. The highest BCUT2D eigenvalue weighted by molar-refractivity contribution is 5.58. The van der Waals surface area contributed by atoms with E-state index in [1.54, 1.807) is 19.2 Å². The summed E-state index contributed by atoms with van der Waals surface area (Å²) in [6, 6.07) is 8.81. The largest absolute Gasteiger partial charge is 0.508 e. The van der Waals surface area contributed by atoms with E-state index < -0.39 is 6.29 Å². The van der Waals surface area contributed by atoms with Crippen LogP contribution in [0.1, 0.15) is 23.1 Å². The maximum absolute atomic E-state index is 9.68. The van der Waals surface area contributed by atoms with E-state index in [9.17, 15) is 5.11 Å².